The van der Waals surface area contributed by atoms with Gasteiger partial charge >= 0.3 is 6.03 Å². The lowest BCUT2D eigenvalue weighted by Crippen LogP contribution is -2.39. The van der Waals surface area contributed by atoms with Crippen LogP contribution in [0, 0.1) is 5.41 Å². The zero-order valence-corrected chi connectivity index (χ0v) is 14.1. The molecule has 1 aromatic carbocycles. The summed E-state index contributed by atoms with van der Waals surface area (Å²) in [4.78, 5) is 13.8. The second-order valence-electron chi connectivity index (χ2n) is 5.35. The van der Waals surface area contributed by atoms with E-state index in [1.54, 1.807) is 37.5 Å². The van der Waals surface area contributed by atoms with E-state index in [0.29, 0.717) is 5.69 Å². The Bertz CT molecular complexity index is 788. The molecule has 0 spiro atoms. The fourth-order valence-electron chi connectivity index (χ4n) is 2.21. The van der Waals surface area contributed by atoms with Crippen LogP contribution in [0.2, 0.25) is 0 Å². The molecule has 2 amide bonds. The highest BCUT2D eigenvalue weighted by atomic mass is 16.2. The number of carbonyl (C=O) groups is 1. The minimum absolute atomic E-state index is 0.143. The highest BCUT2D eigenvalue weighted by molar-refractivity contribution is 6.01. The number of nitrogens with one attached hydrogen (secondary N) is 3. The topological polar surface area (TPSA) is 84.9 Å². The highest BCUT2D eigenvalue weighted by Crippen LogP contribution is 2.20. The van der Waals surface area contributed by atoms with E-state index in [1.165, 1.54) is 4.90 Å². The quantitative estimate of drug-likeness (QED) is 0.420. The molecule has 0 atom stereocenters. The number of hydrogen-bond donors (Lipinski definition) is 3. The van der Waals surface area contributed by atoms with E-state index in [1.807, 2.05) is 24.3 Å². The zero-order valence-electron chi connectivity index (χ0n) is 14.1. The van der Waals surface area contributed by atoms with E-state index in [9.17, 15) is 4.79 Å². The molecule has 0 unspecified atom stereocenters. The number of rotatable bonds is 6. The Hall–Kier alpha value is -3.41. The molecule has 2 aromatic rings. The monoisotopic (exact) mass is 335 g/mol. The number of benzene rings is 1. The fourth-order valence-corrected chi connectivity index (χ4v) is 2.21. The first-order valence-electron chi connectivity index (χ1n) is 7.72. The van der Waals surface area contributed by atoms with Crippen molar-refractivity contribution in [3.05, 3.63) is 73.6 Å². The summed E-state index contributed by atoms with van der Waals surface area (Å²) in [5.41, 5.74) is 3.41. The first kappa shape index (κ1) is 17.9. The number of aromatic nitrogens is 2. The number of H-pyrrole nitrogens is 1. The molecule has 1 aromatic heterocycles. The van der Waals surface area contributed by atoms with E-state index >= 15 is 0 Å². The van der Waals surface area contributed by atoms with Crippen molar-refractivity contribution in [3.8, 4) is 11.1 Å². The number of anilines is 1. The number of carbonyl (C=O) groups excluding carboxylic acids is 1. The third kappa shape index (κ3) is 4.78. The SMILES string of the molecule is C=C/C=C(\C=C)CN(C(C)=N)C(=O)Nc1ccc(-c2cn[nH]c2)cc1. The lowest BCUT2D eigenvalue weighted by atomic mass is 10.1. The summed E-state index contributed by atoms with van der Waals surface area (Å²) >= 11 is 0. The summed E-state index contributed by atoms with van der Waals surface area (Å²) < 4.78 is 0. The summed E-state index contributed by atoms with van der Waals surface area (Å²) in [5, 5.41) is 17.3. The second-order valence-corrected chi connectivity index (χ2v) is 5.35. The zero-order chi connectivity index (χ0) is 18.2. The Kier molecular flexibility index (Phi) is 6.06. The lowest BCUT2D eigenvalue weighted by molar-refractivity contribution is 0.235. The average Bonchev–Trinajstić information content (AvgIpc) is 3.13. The van der Waals surface area contributed by atoms with Crippen LogP contribution in [0.3, 0.4) is 0 Å². The van der Waals surface area contributed by atoms with E-state index < -0.39 is 0 Å². The molecule has 25 heavy (non-hydrogen) atoms. The third-order valence-electron chi connectivity index (χ3n) is 3.55. The van der Waals surface area contributed by atoms with Gasteiger partial charge in [0, 0.05) is 17.4 Å². The van der Waals surface area contributed by atoms with Crippen LogP contribution in [0.25, 0.3) is 11.1 Å². The van der Waals surface area contributed by atoms with Crippen molar-refractivity contribution in [1.29, 1.82) is 5.41 Å². The number of amides is 2. The number of aromatic amines is 1. The van der Waals surface area contributed by atoms with Gasteiger partial charge in [0.25, 0.3) is 0 Å². The van der Waals surface area contributed by atoms with Gasteiger partial charge in [-0.2, -0.15) is 5.10 Å². The number of hydrogen-bond acceptors (Lipinski definition) is 3. The van der Waals surface area contributed by atoms with Gasteiger partial charge in [-0.15, -0.1) is 0 Å². The highest BCUT2D eigenvalue weighted by Gasteiger charge is 2.16. The van der Waals surface area contributed by atoms with Gasteiger partial charge in [0.15, 0.2) is 0 Å². The smallest absolute Gasteiger partial charge is 0.308 e. The van der Waals surface area contributed by atoms with Crippen LogP contribution < -0.4 is 5.32 Å². The number of urea groups is 1. The van der Waals surface area contributed by atoms with Gasteiger partial charge in [-0.3, -0.25) is 15.4 Å². The van der Waals surface area contributed by atoms with Gasteiger partial charge in [0.1, 0.15) is 5.84 Å². The predicted octanol–water partition coefficient (Wildman–Crippen LogP) is 4.21. The Morgan fingerprint density at radius 3 is 2.56 bits per heavy atom. The molecule has 128 valence electrons. The standard InChI is InChI=1S/C19H21N5O/c1-4-6-15(5-2)13-24(14(3)20)19(25)23-18-9-7-16(8-10-18)17-11-21-22-12-17/h4-12,20H,1-2,13H2,3H3,(H,21,22)(H,23,25)/b15-6+,20-14?. The van der Waals surface area contributed by atoms with Crippen LogP contribution in [-0.4, -0.2) is 33.5 Å². The summed E-state index contributed by atoms with van der Waals surface area (Å²) in [7, 11) is 0. The minimum atomic E-state index is -0.375. The van der Waals surface area contributed by atoms with Crippen molar-refractivity contribution >= 4 is 17.6 Å². The predicted molar refractivity (Wildman–Crippen MR) is 102 cm³/mol. The van der Waals surface area contributed by atoms with Gasteiger partial charge in [-0.05, 0) is 30.2 Å². The average molecular weight is 335 g/mol. The Labute approximate surface area is 147 Å². The molecule has 0 aliphatic carbocycles. The van der Waals surface area contributed by atoms with Crippen molar-refractivity contribution in [2.45, 2.75) is 6.92 Å². The number of amidine groups is 1. The van der Waals surface area contributed by atoms with Gasteiger partial charge in [-0.25, -0.2) is 4.79 Å². The van der Waals surface area contributed by atoms with Crippen molar-refractivity contribution in [3.63, 3.8) is 0 Å². The largest absolute Gasteiger partial charge is 0.327 e. The van der Waals surface area contributed by atoms with E-state index in [4.69, 9.17) is 5.41 Å². The second kappa shape index (κ2) is 8.44. The van der Waals surface area contributed by atoms with Crippen LogP contribution >= 0.6 is 0 Å². The van der Waals surface area contributed by atoms with Crippen molar-refractivity contribution in [1.82, 2.24) is 15.1 Å². The third-order valence-corrected chi connectivity index (χ3v) is 3.55. The maximum absolute atomic E-state index is 12.5. The first-order chi connectivity index (χ1) is 12.0. The summed E-state index contributed by atoms with van der Waals surface area (Å²) in [6.45, 7) is 9.18. The van der Waals surface area contributed by atoms with Crippen LogP contribution in [0.1, 0.15) is 6.92 Å². The molecule has 1 heterocycles. The molecule has 0 aliphatic rings. The molecule has 0 fully saturated rings. The van der Waals surface area contributed by atoms with Gasteiger partial charge in [0.05, 0.1) is 12.7 Å². The summed E-state index contributed by atoms with van der Waals surface area (Å²) in [5.74, 6) is 0.143. The summed E-state index contributed by atoms with van der Waals surface area (Å²) in [6.07, 6.45) is 8.56. The number of allylic oxidation sites excluding steroid dienone is 2. The van der Waals surface area contributed by atoms with Crippen molar-refractivity contribution < 1.29 is 4.79 Å². The van der Waals surface area contributed by atoms with Crippen LogP contribution in [0.4, 0.5) is 10.5 Å². The maximum Gasteiger partial charge on any atom is 0.327 e. The Morgan fingerprint density at radius 2 is 2.04 bits per heavy atom. The van der Waals surface area contributed by atoms with Crippen LogP contribution in [0.15, 0.2) is 73.6 Å². The van der Waals surface area contributed by atoms with Crippen molar-refractivity contribution in [2.75, 3.05) is 11.9 Å². The molecule has 6 heteroatoms. The van der Waals surface area contributed by atoms with E-state index in [0.717, 1.165) is 16.7 Å². The van der Waals surface area contributed by atoms with Crippen LogP contribution in [0.5, 0.6) is 0 Å². The van der Waals surface area contributed by atoms with Gasteiger partial charge in [-0.1, -0.05) is 43.5 Å². The molecule has 0 radical (unpaired) electrons. The fraction of sp³-hybridized carbons (Fsp3) is 0.105. The molecular weight excluding hydrogens is 314 g/mol. The molecule has 0 saturated carbocycles. The molecular formula is C19H21N5O. The van der Waals surface area contributed by atoms with Gasteiger partial charge in [0.2, 0.25) is 0 Å². The maximum atomic E-state index is 12.5. The minimum Gasteiger partial charge on any atom is -0.308 e. The van der Waals surface area contributed by atoms with E-state index in [-0.39, 0.29) is 18.4 Å². The van der Waals surface area contributed by atoms with Crippen molar-refractivity contribution in [2.24, 2.45) is 0 Å². The molecule has 0 aliphatic heterocycles. The Morgan fingerprint density at radius 1 is 1.32 bits per heavy atom. The first-order valence-corrected chi connectivity index (χ1v) is 7.72. The lowest BCUT2D eigenvalue weighted by Gasteiger charge is -2.22. The van der Waals surface area contributed by atoms with Crippen LogP contribution in [-0.2, 0) is 0 Å². The Balaban J connectivity index is 2.10. The van der Waals surface area contributed by atoms with E-state index in [2.05, 4.69) is 28.7 Å². The molecule has 0 bridgehead atoms. The number of nitrogens with zero attached hydrogens (tertiary/aromatic N) is 2. The normalized spacial score (nSPS) is 10.8. The molecule has 2 rings (SSSR count). The summed E-state index contributed by atoms with van der Waals surface area (Å²) in [6, 6.07) is 7.04. The molecule has 0 saturated heterocycles. The van der Waals surface area contributed by atoms with Gasteiger partial charge < -0.3 is 5.32 Å². The molecule has 3 N–H and O–H groups in total. The molecule has 6 nitrogen and oxygen atoms in total.